The minimum Gasteiger partial charge on any atom is -0.314 e. The molecule has 1 aliphatic rings. The number of carbonyl (C=O) groups excluding carboxylic acids is 1. The van der Waals surface area contributed by atoms with Gasteiger partial charge >= 0.3 is 11.7 Å². The predicted molar refractivity (Wildman–Crippen MR) is 110 cm³/mol. The minimum absolute atomic E-state index is 0.0977. The molecule has 0 saturated heterocycles. The van der Waals surface area contributed by atoms with Crippen molar-refractivity contribution in [2.75, 3.05) is 5.32 Å². The third kappa shape index (κ3) is 3.13. The van der Waals surface area contributed by atoms with E-state index >= 15 is 0 Å². The highest BCUT2D eigenvalue weighted by Gasteiger charge is 2.31. The molecular weight excluding hydrogens is 425 g/mol. The van der Waals surface area contributed by atoms with Crippen molar-refractivity contribution in [2.24, 2.45) is 0 Å². The molecule has 0 bridgehead atoms. The Balaban J connectivity index is 1.48. The Bertz CT molecular complexity index is 1400. The smallest absolute Gasteiger partial charge is 0.314 e. The van der Waals surface area contributed by atoms with E-state index in [0.717, 1.165) is 0 Å². The van der Waals surface area contributed by atoms with E-state index in [1.54, 1.807) is 29.9 Å². The first-order valence-electron chi connectivity index (χ1n) is 9.80. The number of imidazole rings is 1. The normalized spacial score (nSPS) is 15.8. The molecule has 1 aliphatic heterocycles. The van der Waals surface area contributed by atoms with Crippen molar-refractivity contribution in [1.29, 1.82) is 0 Å². The highest BCUT2D eigenvalue weighted by Crippen LogP contribution is 2.26. The minimum atomic E-state index is -1.60. The summed E-state index contributed by atoms with van der Waals surface area (Å²) in [6.45, 7) is 2.25. The van der Waals surface area contributed by atoms with E-state index in [9.17, 15) is 22.8 Å². The number of halogens is 3. The average molecular weight is 442 g/mol. The second kappa shape index (κ2) is 7.29. The Morgan fingerprint density at radius 1 is 1.19 bits per heavy atom. The maximum atomic E-state index is 13.5. The Hall–Kier alpha value is -4.02. The summed E-state index contributed by atoms with van der Waals surface area (Å²) in [5.74, 6) is -4.40. The van der Waals surface area contributed by atoms with Gasteiger partial charge < -0.3 is 15.2 Å². The molecule has 0 aliphatic carbocycles. The van der Waals surface area contributed by atoms with E-state index in [0.29, 0.717) is 41.1 Å². The number of anilines is 1. The Morgan fingerprint density at radius 3 is 2.66 bits per heavy atom. The standard InChI is InChI=1S/C21H17F3N6O2/c1-11-9-29-18(10-28(11)20(31)26-12-6-13(22)19(24)14(23)7-12)17(8-25-29)30-16-5-3-2-4-15(16)27-21(30)32/h2-8,11H,9-10H2,1H3,(H,26,31)(H,27,32)/t11-/m0/s1. The molecule has 1 atom stereocenters. The lowest BCUT2D eigenvalue weighted by molar-refractivity contribution is 0.161. The number of carbonyl (C=O) groups is 1. The fourth-order valence-corrected chi connectivity index (χ4v) is 3.96. The fraction of sp³-hybridized carbons (Fsp3) is 0.190. The second-order valence-electron chi connectivity index (χ2n) is 7.60. The molecular formula is C21H17F3N6O2. The van der Waals surface area contributed by atoms with E-state index in [4.69, 9.17) is 0 Å². The van der Waals surface area contributed by atoms with Crippen LogP contribution in [0.3, 0.4) is 0 Å². The number of para-hydroxylation sites is 2. The lowest BCUT2D eigenvalue weighted by Crippen LogP contribution is -2.47. The van der Waals surface area contributed by atoms with Crippen LogP contribution in [-0.2, 0) is 13.1 Å². The van der Waals surface area contributed by atoms with Crippen molar-refractivity contribution in [3.05, 3.63) is 76.2 Å². The van der Waals surface area contributed by atoms with Crippen molar-refractivity contribution in [1.82, 2.24) is 24.2 Å². The topological polar surface area (TPSA) is 88.0 Å². The summed E-state index contributed by atoms with van der Waals surface area (Å²) >= 11 is 0. The van der Waals surface area contributed by atoms with Gasteiger partial charge in [-0.2, -0.15) is 5.10 Å². The number of amides is 2. The van der Waals surface area contributed by atoms with Gasteiger partial charge in [0, 0.05) is 17.8 Å². The third-order valence-corrected chi connectivity index (χ3v) is 5.54. The van der Waals surface area contributed by atoms with Crippen LogP contribution in [-0.4, -0.2) is 36.3 Å². The summed E-state index contributed by atoms with van der Waals surface area (Å²) in [4.78, 5) is 29.7. The number of benzene rings is 2. The molecule has 164 valence electrons. The zero-order valence-electron chi connectivity index (χ0n) is 16.8. The molecule has 5 rings (SSSR count). The van der Waals surface area contributed by atoms with Gasteiger partial charge in [-0.3, -0.25) is 9.25 Å². The molecule has 11 heteroatoms. The van der Waals surface area contributed by atoms with Crippen molar-refractivity contribution < 1.29 is 18.0 Å². The molecule has 0 spiro atoms. The van der Waals surface area contributed by atoms with E-state index in [1.807, 2.05) is 12.1 Å². The van der Waals surface area contributed by atoms with Crippen LogP contribution in [0.4, 0.5) is 23.7 Å². The third-order valence-electron chi connectivity index (χ3n) is 5.54. The van der Waals surface area contributed by atoms with Crippen LogP contribution >= 0.6 is 0 Å². The van der Waals surface area contributed by atoms with Crippen molar-refractivity contribution in [2.45, 2.75) is 26.1 Å². The van der Waals surface area contributed by atoms with Gasteiger partial charge in [-0.15, -0.1) is 0 Å². The number of rotatable bonds is 2. The fourth-order valence-electron chi connectivity index (χ4n) is 3.96. The van der Waals surface area contributed by atoms with Gasteiger partial charge in [0.05, 0.1) is 47.7 Å². The average Bonchev–Trinajstić information content (AvgIpc) is 3.30. The summed E-state index contributed by atoms with van der Waals surface area (Å²) < 4.78 is 43.4. The summed E-state index contributed by atoms with van der Waals surface area (Å²) in [7, 11) is 0. The quantitative estimate of drug-likeness (QED) is 0.467. The van der Waals surface area contributed by atoms with Crippen LogP contribution in [0, 0.1) is 17.5 Å². The lowest BCUT2D eigenvalue weighted by atomic mass is 10.2. The van der Waals surface area contributed by atoms with Gasteiger partial charge in [0.15, 0.2) is 17.5 Å². The van der Waals surface area contributed by atoms with Crippen LogP contribution < -0.4 is 11.0 Å². The SMILES string of the molecule is C[C@H]1Cn2ncc(-n3c(=O)[nH]c4ccccc43)c2CN1C(=O)Nc1cc(F)c(F)c(F)c1. The Kier molecular flexibility index (Phi) is 4.54. The summed E-state index contributed by atoms with van der Waals surface area (Å²) in [6, 6.07) is 7.71. The van der Waals surface area contributed by atoms with Crippen LogP contribution in [0.5, 0.6) is 0 Å². The Morgan fingerprint density at radius 2 is 1.91 bits per heavy atom. The molecule has 2 aromatic carbocycles. The first-order valence-corrected chi connectivity index (χ1v) is 9.80. The second-order valence-corrected chi connectivity index (χ2v) is 7.60. The monoisotopic (exact) mass is 442 g/mol. The van der Waals surface area contributed by atoms with Crippen molar-refractivity contribution in [3.8, 4) is 5.69 Å². The van der Waals surface area contributed by atoms with Gasteiger partial charge in [0.1, 0.15) is 0 Å². The summed E-state index contributed by atoms with van der Waals surface area (Å²) in [5.41, 5.74) is 1.94. The molecule has 8 nitrogen and oxygen atoms in total. The first kappa shape index (κ1) is 19.9. The van der Waals surface area contributed by atoms with Crippen LogP contribution in [0.25, 0.3) is 16.7 Å². The van der Waals surface area contributed by atoms with Crippen LogP contribution in [0.1, 0.15) is 12.6 Å². The zero-order chi connectivity index (χ0) is 22.6. The Labute approximate surface area is 178 Å². The number of nitrogens with zero attached hydrogens (tertiary/aromatic N) is 4. The number of H-pyrrole nitrogens is 1. The predicted octanol–water partition coefficient (Wildman–Crippen LogP) is 3.37. The number of hydrogen-bond acceptors (Lipinski definition) is 3. The number of hydrogen-bond donors (Lipinski definition) is 2. The molecule has 0 fully saturated rings. The molecule has 0 unspecified atom stereocenters. The maximum absolute atomic E-state index is 13.5. The molecule has 2 amide bonds. The van der Waals surface area contributed by atoms with Gasteiger partial charge in [0.2, 0.25) is 0 Å². The molecule has 4 aromatic rings. The molecule has 2 N–H and O–H groups in total. The molecule has 3 heterocycles. The number of aromatic amines is 1. The van der Waals surface area contributed by atoms with Gasteiger partial charge in [-0.25, -0.2) is 22.8 Å². The highest BCUT2D eigenvalue weighted by molar-refractivity contribution is 5.89. The van der Waals surface area contributed by atoms with Gasteiger partial charge in [-0.05, 0) is 19.1 Å². The number of urea groups is 1. The number of nitrogens with one attached hydrogen (secondary N) is 2. The number of fused-ring (bicyclic) bond motifs is 2. The molecule has 0 radical (unpaired) electrons. The van der Waals surface area contributed by atoms with Gasteiger partial charge in [-0.1, -0.05) is 12.1 Å². The molecule has 32 heavy (non-hydrogen) atoms. The molecule has 0 saturated carbocycles. The van der Waals surface area contributed by atoms with E-state index < -0.39 is 23.5 Å². The van der Waals surface area contributed by atoms with Crippen molar-refractivity contribution >= 4 is 22.8 Å². The first-order chi connectivity index (χ1) is 15.3. The number of aromatic nitrogens is 4. The van der Waals surface area contributed by atoms with E-state index in [2.05, 4.69) is 15.4 Å². The van der Waals surface area contributed by atoms with Crippen LogP contribution in [0.15, 0.2) is 47.4 Å². The van der Waals surface area contributed by atoms with Gasteiger partial charge in [0.25, 0.3) is 0 Å². The summed E-state index contributed by atoms with van der Waals surface area (Å²) in [5, 5.41) is 6.77. The molecule has 2 aromatic heterocycles. The highest BCUT2D eigenvalue weighted by atomic mass is 19.2. The van der Waals surface area contributed by atoms with Crippen LogP contribution in [0.2, 0.25) is 0 Å². The summed E-state index contributed by atoms with van der Waals surface area (Å²) in [6.07, 6.45) is 1.57. The zero-order valence-corrected chi connectivity index (χ0v) is 16.8. The van der Waals surface area contributed by atoms with E-state index in [-0.39, 0.29) is 24.0 Å². The maximum Gasteiger partial charge on any atom is 0.331 e. The largest absolute Gasteiger partial charge is 0.331 e. The van der Waals surface area contributed by atoms with E-state index in [1.165, 1.54) is 9.47 Å². The lowest BCUT2D eigenvalue weighted by Gasteiger charge is -2.34. The van der Waals surface area contributed by atoms with Crippen molar-refractivity contribution in [3.63, 3.8) is 0 Å².